The zero-order valence-electron chi connectivity index (χ0n) is 30.0. The summed E-state index contributed by atoms with van der Waals surface area (Å²) in [6.07, 6.45) is 0. The maximum Gasteiger partial charge on any atom is 0.160 e. The highest BCUT2D eigenvalue weighted by Crippen LogP contribution is 2.53. The van der Waals surface area contributed by atoms with Crippen LogP contribution in [-0.4, -0.2) is 14.5 Å². The molecule has 4 nitrogen and oxygen atoms in total. The van der Waals surface area contributed by atoms with Gasteiger partial charge in [0.15, 0.2) is 5.82 Å². The minimum atomic E-state index is -0.168. The average molecular weight is 691 g/mol. The number of hydrogen-bond donors (Lipinski definition) is 0. The minimum Gasteiger partial charge on any atom is -0.309 e. The average Bonchev–Trinajstić information content (AvgIpc) is 3.69. The third-order valence-corrected chi connectivity index (χ3v) is 11.0. The third-order valence-electron chi connectivity index (χ3n) is 11.0. The van der Waals surface area contributed by atoms with Crippen molar-refractivity contribution in [1.82, 2.24) is 14.5 Å². The van der Waals surface area contributed by atoms with Crippen LogP contribution in [0.25, 0.3) is 83.6 Å². The van der Waals surface area contributed by atoms with E-state index in [0.29, 0.717) is 11.4 Å². The quantitative estimate of drug-likeness (QED) is 0.181. The molecule has 254 valence electrons. The van der Waals surface area contributed by atoms with Crippen molar-refractivity contribution in [1.29, 1.82) is 5.26 Å². The van der Waals surface area contributed by atoms with Crippen LogP contribution >= 0.6 is 0 Å². The summed E-state index contributed by atoms with van der Waals surface area (Å²) >= 11 is 0. The van der Waals surface area contributed by atoms with Crippen molar-refractivity contribution in [3.8, 4) is 67.9 Å². The van der Waals surface area contributed by atoms with Crippen LogP contribution in [0.5, 0.6) is 0 Å². The molecule has 0 saturated carbocycles. The van der Waals surface area contributed by atoms with Crippen LogP contribution in [0.15, 0.2) is 170 Å². The van der Waals surface area contributed by atoms with Crippen LogP contribution < -0.4 is 0 Å². The molecule has 0 spiro atoms. The molecule has 1 aliphatic carbocycles. The summed E-state index contributed by atoms with van der Waals surface area (Å²) in [5, 5.41) is 12.1. The Labute approximate surface area is 314 Å². The predicted octanol–water partition coefficient (Wildman–Crippen LogP) is 12.4. The summed E-state index contributed by atoms with van der Waals surface area (Å²) < 4.78 is 2.41. The van der Waals surface area contributed by atoms with Gasteiger partial charge < -0.3 is 4.57 Å². The molecule has 1 aliphatic rings. The lowest BCUT2D eigenvalue weighted by atomic mass is 9.80. The number of nitrogens with zero attached hydrogens (tertiary/aromatic N) is 4. The summed E-state index contributed by atoms with van der Waals surface area (Å²) in [5.74, 6) is 0.673. The predicted molar refractivity (Wildman–Crippen MR) is 220 cm³/mol. The Hall–Kier alpha value is -7.09. The molecular weight excluding hydrogens is 657 g/mol. The van der Waals surface area contributed by atoms with Crippen molar-refractivity contribution in [2.24, 2.45) is 0 Å². The molecule has 0 bridgehead atoms. The third kappa shape index (κ3) is 4.98. The highest BCUT2D eigenvalue weighted by atomic mass is 15.0. The maximum absolute atomic E-state index is 9.60. The topological polar surface area (TPSA) is 54.5 Å². The lowest BCUT2D eigenvalue weighted by molar-refractivity contribution is 0.666. The maximum atomic E-state index is 9.60. The van der Waals surface area contributed by atoms with Gasteiger partial charge in [-0.3, -0.25) is 0 Å². The van der Waals surface area contributed by atoms with E-state index in [9.17, 15) is 5.26 Å². The first-order valence-corrected chi connectivity index (χ1v) is 18.3. The van der Waals surface area contributed by atoms with Crippen LogP contribution in [0.4, 0.5) is 0 Å². The van der Waals surface area contributed by atoms with Gasteiger partial charge in [0, 0.05) is 38.6 Å². The summed E-state index contributed by atoms with van der Waals surface area (Å²) in [4.78, 5) is 10.3. The first-order chi connectivity index (χ1) is 26.5. The van der Waals surface area contributed by atoms with Crippen molar-refractivity contribution < 1.29 is 0 Å². The lowest BCUT2D eigenvalue weighted by Crippen LogP contribution is -2.15. The van der Waals surface area contributed by atoms with E-state index in [1.807, 2.05) is 60.7 Å². The molecule has 2 aromatic heterocycles. The fourth-order valence-corrected chi connectivity index (χ4v) is 8.47. The Kier molecular flexibility index (Phi) is 7.18. The smallest absolute Gasteiger partial charge is 0.160 e. The van der Waals surface area contributed by atoms with Gasteiger partial charge in [0.1, 0.15) is 0 Å². The summed E-state index contributed by atoms with van der Waals surface area (Å²) in [5.41, 5.74) is 15.9. The fraction of sp³-hybridized carbons (Fsp3) is 0.0600. The lowest BCUT2D eigenvalue weighted by Gasteiger charge is -2.22. The molecule has 7 aromatic carbocycles. The number of rotatable bonds is 5. The Morgan fingerprint density at radius 2 is 1.17 bits per heavy atom. The number of para-hydroxylation sites is 1. The molecule has 2 heterocycles. The monoisotopic (exact) mass is 690 g/mol. The van der Waals surface area contributed by atoms with Crippen LogP contribution in [0.1, 0.15) is 30.5 Å². The second kappa shape index (κ2) is 12.3. The molecule has 0 aliphatic heterocycles. The van der Waals surface area contributed by atoms with Gasteiger partial charge in [-0.1, -0.05) is 135 Å². The largest absolute Gasteiger partial charge is 0.309 e. The van der Waals surface area contributed by atoms with Crippen molar-refractivity contribution in [2.75, 3.05) is 0 Å². The Morgan fingerprint density at radius 3 is 1.93 bits per heavy atom. The normalized spacial score (nSPS) is 12.8. The molecule has 9 aromatic rings. The summed E-state index contributed by atoms with van der Waals surface area (Å²) in [6.45, 7) is 4.72. The van der Waals surface area contributed by atoms with Crippen molar-refractivity contribution in [3.05, 3.63) is 187 Å². The van der Waals surface area contributed by atoms with E-state index in [1.54, 1.807) is 0 Å². The Bertz CT molecular complexity index is 2890. The second-order valence-electron chi connectivity index (χ2n) is 14.6. The zero-order chi connectivity index (χ0) is 36.4. The van der Waals surface area contributed by atoms with E-state index in [-0.39, 0.29) is 5.41 Å². The summed E-state index contributed by atoms with van der Waals surface area (Å²) in [7, 11) is 0. The van der Waals surface area contributed by atoms with Gasteiger partial charge in [0.25, 0.3) is 0 Å². The molecule has 0 N–H and O–H groups in total. The fourth-order valence-electron chi connectivity index (χ4n) is 8.47. The second-order valence-corrected chi connectivity index (χ2v) is 14.6. The van der Waals surface area contributed by atoms with Crippen LogP contribution in [0.2, 0.25) is 0 Å². The van der Waals surface area contributed by atoms with Crippen LogP contribution in [0.3, 0.4) is 0 Å². The SMILES string of the molecule is CC1(C)c2ccccc2-c2ccc3c(c21)c1ccccc1n3-c1cc(-c2ccc(C#N)cc2)cc(-c2cc(-c3ccccc3)nc(-c3ccccc3)n2)c1. The number of benzene rings is 7. The first kappa shape index (κ1) is 31.6. The van der Waals surface area contributed by atoms with Crippen LogP contribution in [0, 0.1) is 11.3 Å². The van der Waals surface area contributed by atoms with E-state index < -0.39 is 0 Å². The van der Waals surface area contributed by atoms with Crippen molar-refractivity contribution in [2.45, 2.75) is 19.3 Å². The van der Waals surface area contributed by atoms with Gasteiger partial charge in [-0.15, -0.1) is 0 Å². The number of fused-ring (bicyclic) bond motifs is 7. The zero-order valence-corrected chi connectivity index (χ0v) is 30.0. The molecule has 0 amide bonds. The number of aromatic nitrogens is 3. The van der Waals surface area contributed by atoms with Crippen LogP contribution in [-0.2, 0) is 5.41 Å². The van der Waals surface area contributed by atoms with Gasteiger partial charge in [-0.2, -0.15) is 5.26 Å². The van der Waals surface area contributed by atoms with Crippen molar-refractivity contribution in [3.63, 3.8) is 0 Å². The standard InChI is InChI=1S/C50H34N4/c1-50(2)42-19-11-9-17-39(42)40-25-26-46-47(48(40)50)41-18-10-12-20-45(41)54(46)38-28-36(33-23-21-32(31-51)22-24-33)27-37(29-38)44-30-43(34-13-5-3-6-14-34)52-49(53-44)35-15-7-4-8-16-35/h3-30H,1-2H3. The number of nitriles is 1. The minimum absolute atomic E-state index is 0.168. The highest BCUT2D eigenvalue weighted by Gasteiger charge is 2.38. The van der Waals surface area contributed by atoms with Gasteiger partial charge in [0.2, 0.25) is 0 Å². The van der Waals surface area contributed by atoms with E-state index in [1.165, 1.54) is 33.0 Å². The van der Waals surface area contributed by atoms with Gasteiger partial charge in [0.05, 0.1) is 34.1 Å². The molecule has 4 heteroatoms. The van der Waals surface area contributed by atoms with Gasteiger partial charge >= 0.3 is 0 Å². The summed E-state index contributed by atoms with van der Waals surface area (Å²) in [6, 6.07) is 61.7. The molecule has 0 fully saturated rings. The molecule has 0 radical (unpaired) electrons. The highest BCUT2D eigenvalue weighted by molar-refractivity contribution is 6.14. The molecule has 0 unspecified atom stereocenters. The Morgan fingerprint density at radius 1 is 0.519 bits per heavy atom. The van der Waals surface area contributed by atoms with E-state index in [4.69, 9.17) is 9.97 Å². The number of hydrogen-bond acceptors (Lipinski definition) is 3. The molecule has 0 atom stereocenters. The van der Waals surface area contributed by atoms with E-state index >= 15 is 0 Å². The van der Waals surface area contributed by atoms with E-state index in [0.717, 1.165) is 55.9 Å². The first-order valence-electron chi connectivity index (χ1n) is 18.3. The molecule has 10 rings (SSSR count). The molecule has 54 heavy (non-hydrogen) atoms. The Balaban J connectivity index is 1.26. The molecular formula is C50H34N4. The van der Waals surface area contributed by atoms with Gasteiger partial charge in [-0.25, -0.2) is 9.97 Å². The molecule has 0 saturated heterocycles. The van der Waals surface area contributed by atoms with E-state index in [2.05, 4.69) is 134 Å². The van der Waals surface area contributed by atoms with Crippen molar-refractivity contribution >= 4 is 21.8 Å². The van der Waals surface area contributed by atoms with Gasteiger partial charge in [-0.05, 0) is 81.9 Å².